The lowest BCUT2D eigenvalue weighted by Gasteiger charge is -2.22. The van der Waals surface area contributed by atoms with Gasteiger partial charge < -0.3 is 4.74 Å². The van der Waals surface area contributed by atoms with Gasteiger partial charge in [-0.3, -0.25) is 10.2 Å². The zero-order valence-corrected chi connectivity index (χ0v) is 15.8. The Morgan fingerprint density at radius 2 is 2.07 bits per heavy atom. The van der Waals surface area contributed by atoms with Crippen molar-refractivity contribution in [3.8, 4) is 5.69 Å². The van der Waals surface area contributed by atoms with Crippen LogP contribution in [0.5, 0.6) is 0 Å². The average molecular weight is 418 g/mol. The number of halogens is 2. The van der Waals surface area contributed by atoms with Crippen LogP contribution >= 0.6 is 11.6 Å². The molecule has 3 rings (SSSR count). The van der Waals surface area contributed by atoms with Crippen LogP contribution in [0.1, 0.15) is 29.0 Å². The van der Waals surface area contributed by atoms with Gasteiger partial charge in [-0.2, -0.15) is 5.10 Å². The number of ether oxygens (including phenoxy) is 1. The molecule has 146 valence electrons. The van der Waals surface area contributed by atoms with Gasteiger partial charge in [0.1, 0.15) is 12.2 Å². The summed E-state index contributed by atoms with van der Waals surface area (Å²) in [6.45, 7) is 2.31. The molecule has 0 aliphatic carbocycles. The van der Waals surface area contributed by atoms with Crippen molar-refractivity contribution < 1.29 is 22.3 Å². The van der Waals surface area contributed by atoms with Crippen molar-refractivity contribution in [3.05, 3.63) is 40.7 Å². The summed E-state index contributed by atoms with van der Waals surface area (Å²) in [4.78, 5) is 18.3. The zero-order chi connectivity index (χ0) is 19.6. The molecule has 2 aromatic rings. The van der Waals surface area contributed by atoms with Gasteiger partial charge in [0.2, 0.25) is 10.0 Å². The highest BCUT2D eigenvalue weighted by atomic mass is 35.5. The first-order valence-electron chi connectivity index (χ1n) is 8.04. The molecule has 0 saturated carbocycles. The number of hydrazine groups is 1. The fourth-order valence-electron chi connectivity index (χ4n) is 2.60. The van der Waals surface area contributed by atoms with Crippen molar-refractivity contribution in [2.24, 2.45) is 0 Å². The summed E-state index contributed by atoms with van der Waals surface area (Å²) in [5, 5.41) is 3.07. The molecule has 1 saturated heterocycles. The summed E-state index contributed by atoms with van der Waals surface area (Å²) in [7, 11) is -3.81. The van der Waals surface area contributed by atoms with E-state index in [0.29, 0.717) is 37.6 Å². The number of benzene rings is 1. The van der Waals surface area contributed by atoms with Gasteiger partial charge in [0.15, 0.2) is 5.82 Å². The number of sulfonamides is 1. The fraction of sp³-hybridized carbons (Fsp3) is 0.400. The summed E-state index contributed by atoms with van der Waals surface area (Å²) in [6.07, 6.45) is 2.01. The van der Waals surface area contributed by atoms with Gasteiger partial charge in [0.05, 0.1) is 21.5 Å². The van der Waals surface area contributed by atoms with Gasteiger partial charge in [0.25, 0.3) is 5.91 Å². The van der Waals surface area contributed by atoms with Crippen molar-refractivity contribution in [2.75, 3.05) is 13.2 Å². The molecule has 0 radical (unpaired) electrons. The van der Waals surface area contributed by atoms with Crippen LogP contribution in [0.2, 0.25) is 5.02 Å². The Balaban J connectivity index is 1.79. The Labute approximate surface area is 159 Å². The number of aromatic nitrogens is 3. The minimum absolute atomic E-state index is 0.305. The van der Waals surface area contributed by atoms with Crippen LogP contribution in [0, 0.1) is 12.7 Å². The first-order valence-corrected chi connectivity index (χ1v) is 9.97. The number of amides is 1. The Hall–Kier alpha value is -2.08. The minimum Gasteiger partial charge on any atom is -0.381 e. The predicted molar refractivity (Wildman–Crippen MR) is 94.4 cm³/mol. The lowest BCUT2D eigenvalue weighted by atomic mass is 10.1. The molecule has 1 aromatic heterocycles. The maximum absolute atomic E-state index is 14.3. The maximum Gasteiger partial charge on any atom is 0.269 e. The van der Waals surface area contributed by atoms with Crippen molar-refractivity contribution in [2.45, 2.75) is 25.0 Å². The molecular formula is C15H17ClFN5O4S. The number of rotatable bonds is 5. The molecule has 2 heterocycles. The van der Waals surface area contributed by atoms with E-state index in [0.717, 1.165) is 0 Å². The molecule has 1 aromatic carbocycles. The molecule has 0 spiro atoms. The lowest BCUT2D eigenvalue weighted by Crippen LogP contribution is -2.47. The molecule has 0 unspecified atom stereocenters. The molecule has 0 atom stereocenters. The molecular weight excluding hydrogens is 401 g/mol. The fourth-order valence-corrected chi connectivity index (χ4v) is 4.03. The largest absolute Gasteiger partial charge is 0.381 e. The van der Waals surface area contributed by atoms with Gasteiger partial charge in [-0.1, -0.05) is 11.6 Å². The second-order valence-electron chi connectivity index (χ2n) is 5.94. The van der Waals surface area contributed by atoms with E-state index in [1.165, 1.54) is 23.1 Å². The van der Waals surface area contributed by atoms with E-state index < -0.39 is 32.6 Å². The minimum atomic E-state index is -3.81. The third-order valence-electron chi connectivity index (χ3n) is 4.04. The predicted octanol–water partition coefficient (Wildman–Crippen LogP) is 1.11. The van der Waals surface area contributed by atoms with Gasteiger partial charge in [0, 0.05) is 13.2 Å². The number of carbonyl (C=O) groups is 1. The van der Waals surface area contributed by atoms with Gasteiger partial charge in [-0.25, -0.2) is 22.5 Å². The Morgan fingerprint density at radius 3 is 2.70 bits per heavy atom. The summed E-state index contributed by atoms with van der Waals surface area (Å²) in [5.74, 6) is -1.48. The van der Waals surface area contributed by atoms with E-state index in [1.807, 2.05) is 10.3 Å². The number of nitrogens with zero attached hydrogens (tertiary/aromatic N) is 3. The lowest BCUT2D eigenvalue weighted by molar-refractivity contribution is 0.0934. The molecule has 1 fully saturated rings. The third-order valence-corrected chi connectivity index (χ3v) is 6.05. The van der Waals surface area contributed by atoms with Crippen LogP contribution in [0.25, 0.3) is 5.69 Å². The quantitative estimate of drug-likeness (QED) is 0.704. The van der Waals surface area contributed by atoms with Crippen LogP contribution in [-0.4, -0.2) is 47.6 Å². The first kappa shape index (κ1) is 19.7. The Kier molecular flexibility index (Phi) is 5.75. The van der Waals surface area contributed by atoms with Crippen molar-refractivity contribution in [1.29, 1.82) is 0 Å². The summed E-state index contributed by atoms with van der Waals surface area (Å²) < 4.78 is 45.2. The van der Waals surface area contributed by atoms with Crippen LogP contribution in [0.15, 0.2) is 18.5 Å². The zero-order valence-electron chi connectivity index (χ0n) is 14.3. The maximum atomic E-state index is 14.3. The van der Waals surface area contributed by atoms with Crippen LogP contribution in [0.3, 0.4) is 0 Å². The van der Waals surface area contributed by atoms with Gasteiger partial charge >= 0.3 is 0 Å². The first-order chi connectivity index (χ1) is 12.8. The van der Waals surface area contributed by atoms with Gasteiger partial charge in [-0.05, 0) is 31.9 Å². The van der Waals surface area contributed by atoms with Crippen LogP contribution in [0.4, 0.5) is 4.39 Å². The van der Waals surface area contributed by atoms with Crippen molar-refractivity contribution >= 4 is 27.5 Å². The standard InChI is InChI=1S/C15H17ClFN5O4S/c1-9-18-8-22(20-9)10-6-12(14(17)13(16)7-10)15(23)19-21-27(24,25)11-2-4-26-5-3-11/h6-8,11,21H,2-5H2,1H3,(H,19,23). The molecule has 12 heteroatoms. The number of carbonyl (C=O) groups excluding carboxylic acids is 1. The normalized spacial score (nSPS) is 15.7. The topological polar surface area (TPSA) is 115 Å². The average Bonchev–Trinajstić information content (AvgIpc) is 3.09. The number of hydrogen-bond donors (Lipinski definition) is 2. The van der Waals surface area contributed by atoms with E-state index in [9.17, 15) is 17.6 Å². The molecule has 2 N–H and O–H groups in total. The van der Waals surface area contributed by atoms with Crippen molar-refractivity contribution in [1.82, 2.24) is 25.0 Å². The number of hydrogen-bond acceptors (Lipinski definition) is 6. The molecule has 1 aliphatic rings. The molecule has 1 aliphatic heterocycles. The summed E-state index contributed by atoms with van der Waals surface area (Å²) >= 11 is 5.86. The van der Waals surface area contributed by atoms with E-state index in [4.69, 9.17) is 16.3 Å². The Morgan fingerprint density at radius 1 is 1.37 bits per heavy atom. The smallest absolute Gasteiger partial charge is 0.269 e. The number of nitrogens with one attached hydrogen (secondary N) is 2. The van der Waals surface area contributed by atoms with Crippen molar-refractivity contribution in [3.63, 3.8) is 0 Å². The third kappa shape index (κ3) is 4.43. The second kappa shape index (κ2) is 7.89. The van der Waals surface area contributed by atoms with Gasteiger partial charge in [-0.15, -0.1) is 4.83 Å². The monoisotopic (exact) mass is 417 g/mol. The highest BCUT2D eigenvalue weighted by Crippen LogP contribution is 2.23. The second-order valence-corrected chi connectivity index (χ2v) is 8.31. The highest BCUT2D eigenvalue weighted by molar-refractivity contribution is 7.90. The van der Waals surface area contributed by atoms with E-state index in [2.05, 4.69) is 10.1 Å². The highest BCUT2D eigenvalue weighted by Gasteiger charge is 2.28. The molecule has 0 bridgehead atoms. The van der Waals surface area contributed by atoms with E-state index in [1.54, 1.807) is 6.92 Å². The summed E-state index contributed by atoms with van der Waals surface area (Å²) in [6, 6.07) is 2.49. The molecule has 9 nitrogen and oxygen atoms in total. The van der Waals surface area contributed by atoms with Crippen LogP contribution in [-0.2, 0) is 14.8 Å². The summed E-state index contributed by atoms with van der Waals surface area (Å²) in [5.41, 5.74) is 1.90. The van der Waals surface area contributed by atoms with E-state index in [-0.39, 0.29) is 5.02 Å². The van der Waals surface area contributed by atoms with E-state index >= 15 is 0 Å². The molecule has 1 amide bonds. The Bertz CT molecular complexity index is 959. The molecule has 27 heavy (non-hydrogen) atoms. The van der Waals surface area contributed by atoms with Crippen LogP contribution < -0.4 is 10.3 Å². The SMILES string of the molecule is Cc1ncn(-c2cc(Cl)c(F)c(C(=O)NNS(=O)(=O)C3CCOCC3)c2)n1. The number of aryl methyl sites for hydroxylation is 1.